The van der Waals surface area contributed by atoms with Gasteiger partial charge < -0.3 is 0 Å². The SMILES string of the molecule is CCC/C=C\Sc1ccccc1. The maximum atomic E-state index is 2.22. The average Bonchev–Trinajstić information content (AvgIpc) is 2.14. The van der Waals surface area contributed by atoms with Crippen molar-refractivity contribution in [1.29, 1.82) is 0 Å². The molecule has 0 aromatic heterocycles. The molecule has 0 saturated carbocycles. The third-order valence-electron chi connectivity index (χ3n) is 1.50. The van der Waals surface area contributed by atoms with Crippen LogP contribution in [0.15, 0.2) is 46.7 Å². The summed E-state index contributed by atoms with van der Waals surface area (Å²) in [5.74, 6) is 0. The summed E-state index contributed by atoms with van der Waals surface area (Å²) in [6, 6.07) is 10.4. The van der Waals surface area contributed by atoms with E-state index < -0.39 is 0 Å². The van der Waals surface area contributed by atoms with Crippen LogP contribution in [0.5, 0.6) is 0 Å². The second-order valence-corrected chi connectivity index (χ2v) is 3.57. The number of thioether (sulfide) groups is 1. The first kappa shape index (κ1) is 9.40. The van der Waals surface area contributed by atoms with Crippen molar-refractivity contribution < 1.29 is 0 Å². The lowest BCUT2D eigenvalue weighted by Gasteiger charge is -1.92. The summed E-state index contributed by atoms with van der Waals surface area (Å²) in [5.41, 5.74) is 0. The van der Waals surface area contributed by atoms with E-state index >= 15 is 0 Å². The van der Waals surface area contributed by atoms with Gasteiger partial charge in [0.25, 0.3) is 0 Å². The Hall–Kier alpha value is -0.690. The summed E-state index contributed by atoms with van der Waals surface area (Å²) in [7, 11) is 0. The zero-order valence-corrected chi connectivity index (χ0v) is 8.18. The second-order valence-electron chi connectivity index (χ2n) is 2.59. The van der Waals surface area contributed by atoms with Crippen LogP contribution < -0.4 is 0 Å². The summed E-state index contributed by atoms with van der Waals surface area (Å²) in [4.78, 5) is 1.31. The molecule has 1 rings (SSSR count). The van der Waals surface area contributed by atoms with Crippen molar-refractivity contribution in [2.45, 2.75) is 24.7 Å². The molecule has 0 atom stereocenters. The molecule has 0 spiro atoms. The number of allylic oxidation sites excluding steroid dienone is 1. The van der Waals surface area contributed by atoms with Crippen molar-refractivity contribution in [1.82, 2.24) is 0 Å². The Morgan fingerprint density at radius 2 is 2.00 bits per heavy atom. The van der Waals surface area contributed by atoms with Gasteiger partial charge in [-0.2, -0.15) is 0 Å². The molecule has 1 aromatic carbocycles. The van der Waals surface area contributed by atoms with Gasteiger partial charge in [-0.25, -0.2) is 0 Å². The van der Waals surface area contributed by atoms with E-state index in [1.165, 1.54) is 17.7 Å². The zero-order valence-electron chi connectivity index (χ0n) is 7.36. The van der Waals surface area contributed by atoms with Crippen LogP contribution in [0.1, 0.15) is 19.8 Å². The van der Waals surface area contributed by atoms with E-state index in [4.69, 9.17) is 0 Å². The van der Waals surface area contributed by atoms with Gasteiger partial charge in [0.1, 0.15) is 0 Å². The Balaban J connectivity index is 2.33. The lowest BCUT2D eigenvalue weighted by molar-refractivity contribution is 0.960. The van der Waals surface area contributed by atoms with Crippen LogP contribution in [0.3, 0.4) is 0 Å². The molecule has 0 radical (unpaired) electrons. The molecule has 0 aliphatic heterocycles. The number of hydrogen-bond acceptors (Lipinski definition) is 1. The zero-order chi connectivity index (χ0) is 8.65. The predicted molar refractivity (Wildman–Crippen MR) is 56.3 cm³/mol. The molecular formula is C11H14S. The number of rotatable bonds is 4. The minimum Gasteiger partial charge on any atom is -0.0984 e. The Bertz CT molecular complexity index is 226. The van der Waals surface area contributed by atoms with Gasteiger partial charge in [-0.3, -0.25) is 0 Å². The van der Waals surface area contributed by atoms with Gasteiger partial charge in [-0.15, -0.1) is 0 Å². The van der Waals surface area contributed by atoms with E-state index in [9.17, 15) is 0 Å². The van der Waals surface area contributed by atoms with Crippen molar-refractivity contribution in [2.24, 2.45) is 0 Å². The van der Waals surface area contributed by atoms with Crippen LogP contribution in [0.25, 0.3) is 0 Å². The lowest BCUT2D eigenvalue weighted by Crippen LogP contribution is -1.64. The third-order valence-corrected chi connectivity index (χ3v) is 2.37. The van der Waals surface area contributed by atoms with Crippen LogP contribution in [0.4, 0.5) is 0 Å². The minimum atomic E-state index is 1.18. The van der Waals surface area contributed by atoms with E-state index in [0.29, 0.717) is 0 Å². The highest BCUT2D eigenvalue weighted by molar-refractivity contribution is 8.02. The highest BCUT2D eigenvalue weighted by Crippen LogP contribution is 2.18. The van der Waals surface area contributed by atoms with Crippen molar-refractivity contribution in [3.05, 3.63) is 41.8 Å². The maximum Gasteiger partial charge on any atom is 0.0116 e. The first-order valence-electron chi connectivity index (χ1n) is 4.30. The van der Waals surface area contributed by atoms with Gasteiger partial charge in [0.2, 0.25) is 0 Å². The average molecular weight is 178 g/mol. The van der Waals surface area contributed by atoms with Gasteiger partial charge in [0.15, 0.2) is 0 Å². The van der Waals surface area contributed by atoms with Crippen molar-refractivity contribution in [3.63, 3.8) is 0 Å². The molecule has 0 aliphatic rings. The Morgan fingerprint density at radius 1 is 1.25 bits per heavy atom. The molecule has 0 aliphatic carbocycles. The third kappa shape index (κ3) is 3.63. The normalized spacial score (nSPS) is 10.8. The van der Waals surface area contributed by atoms with Gasteiger partial charge >= 0.3 is 0 Å². The van der Waals surface area contributed by atoms with Gasteiger partial charge in [0, 0.05) is 4.90 Å². The summed E-state index contributed by atoms with van der Waals surface area (Å²) in [6.07, 6.45) is 4.63. The van der Waals surface area contributed by atoms with Gasteiger partial charge in [-0.1, -0.05) is 49.4 Å². The number of hydrogen-bond donors (Lipinski definition) is 0. The molecule has 1 heteroatoms. The molecule has 1 aromatic rings. The molecule has 0 N–H and O–H groups in total. The van der Waals surface area contributed by atoms with Crippen LogP contribution in [0.2, 0.25) is 0 Å². The Labute approximate surface area is 78.7 Å². The molecule has 64 valence electrons. The van der Waals surface area contributed by atoms with E-state index in [0.717, 1.165) is 0 Å². The number of benzene rings is 1. The van der Waals surface area contributed by atoms with Gasteiger partial charge in [-0.05, 0) is 24.0 Å². The molecule has 12 heavy (non-hydrogen) atoms. The molecule has 0 amide bonds. The topological polar surface area (TPSA) is 0 Å². The van der Waals surface area contributed by atoms with Crippen LogP contribution in [-0.4, -0.2) is 0 Å². The van der Waals surface area contributed by atoms with Crippen LogP contribution in [0, 0.1) is 0 Å². The summed E-state index contributed by atoms with van der Waals surface area (Å²) in [6.45, 7) is 2.19. The number of unbranched alkanes of at least 4 members (excludes halogenated alkanes) is 1. The quantitative estimate of drug-likeness (QED) is 0.626. The molecule has 0 nitrogen and oxygen atoms in total. The summed E-state index contributed by atoms with van der Waals surface area (Å²) >= 11 is 1.78. The first-order valence-corrected chi connectivity index (χ1v) is 5.18. The van der Waals surface area contributed by atoms with Gasteiger partial charge in [0.05, 0.1) is 0 Å². The van der Waals surface area contributed by atoms with E-state index in [1.807, 2.05) is 6.07 Å². The van der Waals surface area contributed by atoms with E-state index in [-0.39, 0.29) is 0 Å². The molecular weight excluding hydrogens is 164 g/mol. The Morgan fingerprint density at radius 3 is 2.67 bits per heavy atom. The van der Waals surface area contributed by atoms with E-state index in [2.05, 4.69) is 42.7 Å². The largest absolute Gasteiger partial charge is 0.0984 e. The Kier molecular flexibility index (Phi) is 4.62. The smallest absolute Gasteiger partial charge is 0.0116 e. The van der Waals surface area contributed by atoms with Crippen LogP contribution in [-0.2, 0) is 0 Å². The van der Waals surface area contributed by atoms with Crippen molar-refractivity contribution in [3.8, 4) is 0 Å². The maximum absolute atomic E-state index is 2.22. The molecule has 0 bridgehead atoms. The second kappa shape index (κ2) is 5.90. The van der Waals surface area contributed by atoms with Crippen molar-refractivity contribution in [2.75, 3.05) is 0 Å². The lowest BCUT2D eigenvalue weighted by atomic mass is 10.3. The van der Waals surface area contributed by atoms with E-state index in [1.54, 1.807) is 11.8 Å². The molecule has 0 saturated heterocycles. The summed E-state index contributed by atoms with van der Waals surface area (Å²) < 4.78 is 0. The van der Waals surface area contributed by atoms with Crippen molar-refractivity contribution >= 4 is 11.8 Å². The molecule has 0 fully saturated rings. The fourth-order valence-electron chi connectivity index (χ4n) is 0.860. The highest BCUT2D eigenvalue weighted by atomic mass is 32.2. The monoisotopic (exact) mass is 178 g/mol. The fraction of sp³-hybridized carbons (Fsp3) is 0.273. The standard InChI is InChI=1S/C11H14S/c1-2-3-7-10-12-11-8-5-4-6-9-11/h4-10H,2-3H2,1H3/b10-7-. The minimum absolute atomic E-state index is 1.18. The highest BCUT2D eigenvalue weighted by Gasteiger charge is 1.84. The van der Waals surface area contributed by atoms with Crippen LogP contribution >= 0.6 is 11.8 Å². The fourth-order valence-corrected chi connectivity index (χ4v) is 1.56. The molecule has 0 unspecified atom stereocenters. The first-order chi connectivity index (χ1) is 5.93. The summed E-state index contributed by atoms with van der Waals surface area (Å²) in [5, 5.41) is 2.17. The molecule has 0 heterocycles. The predicted octanol–water partition coefficient (Wildman–Crippen LogP) is 4.09.